The minimum atomic E-state index is -0.0897. The number of hydrogen-bond acceptors (Lipinski definition) is 3. The van der Waals surface area contributed by atoms with Crippen molar-refractivity contribution < 1.29 is 9.53 Å². The molecule has 1 aromatic heterocycles. The number of nitrogens with zero attached hydrogens (tertiary/aromatic N) is 1. The third kappa shape index (κ3) is 4.56. The van der Waals surface area contributed by atoms with Crippen LogP contribution in [0, 0.1) is 5.92 Å². The molecule has 2 unspecified atom stereocenters. The average molecular weight is 402 g/mol. The summed E-state index contributed by atoms with van der Waals surface area (Å²) < 4.78 is 5.22. The summed E-state index contributed by atoms with van der Waals surface area (Å²) in [5.74, 6) is 0.0362. The Kier molecular flexibility index (Phi) is 6.47. The lowest BCUT2D eigenvalue weighted by Crippen LogP contribution is -2.07. The molecule has 4 rings (SSSR count). The second-order valence-electron chi connectivity index (χ2n) is 8.32. The number of benzene rings is 2. The molecule has 1 saturated carbocycles. The van der Waals surface area contributed by atoms with Crippen molar-refractivity contribution in [2.45, 2.75) is 58.3 Å². The van der Waals surface area contributed by atoms with Crippen LogP contribution in [0.1, 0.15) is 63.1 Å². The lowest BCUT2D eigenvalue weighted by atomic mass is 9.96. The lowest BCUT2D eigenvalue weighted by molar-refractivity contribution is -0.144. The number of aromatic nitrogens is 1. The van der Waals surface area contributed by atoms with Crippen LogP contribution in [0.15, 0.2) is 54.6 Å². The van der Waals surface area contributed by atoms with Gasteiger partial charge in [-0.3, -0.25) is 9.78 Å². The highest BCUT2D eigenvalue weighted by Crippen LogP contribution is 2.48. The highest BCUT2D eigenvalue weighted by Gasteiger charge is 2.46. The fourth-order valence-electron chi connectivity index (χ4n) is 4.28. The van der Waals surface area contributed by atoms with E-state index in [1.54, 1.807) is 0 Å². The molecular formula is C27H31NO2. The number of rotatable bonds is 9. The monoisotopic (exact) mass is 401 g/mol. The predicted octanol–water partition coefficient (Wildman–Crippen LogP) is 6.69. The Labute approximate surface area is 179 Å². The number of aryl methyl sites for hydroxylation is 1. The van der Waals surface area contributed by atoms with Gasteiger partial charge in [-0.25, -0.2) is 0 Å². The Morgan fingerprint density at radius 3 is 2.63 bits per heavy atom. The van der Waals surface area contributed by atoms with Crippen molar-refractivity contribution in [1.82, 2.24) is 4.98 Å². The van der Waals surface area contributed by atoms with E-state index in [0.29, 0.717) is 6.61 Å². The van der Waals surface area contributed by atoms with Crippen LogP contribution in [-0.2, 0) is 16.0 Å². The molecular weight excluding hydrogens is 370 g/mol. The Hall–Kier alpha value is -2.68. The summed E-state index contributed by atoms with van der Waals surface area (Å²) in [6, 6.07) is 19.4. The lowest BCUT2D eigenvalue weighted by Gasteiger charge is -2.12. The highest BCUT2D eigenvalue weighted by molar-refractivity contribution is 5.95. The van der Waals surface area contributed by atoms with Gasteiger partial charge in [0.1, 0.15) is 0 Å². The number of unbranched alkanes of at least 4 members (excludes halogenated alkanes) is 3. The Morgan fingerprint density at radius 2 is 1.87 bits per heavy atom. The first-order chi connectivity index (χ1) is 14.7. The van der Waals surface area contributed by atoms with E-state index in [2.05, 4.69) is 55.5 Å². The molecule has 0 N–H and O–H groups in total. The van der Waals surface area contributed by atoms with Crippen LogP contribution in [0.4, 0.5) is 0 Å². The van der Waals surface area contributed by atoms with E-state index in [1.165, 1.54) is 47.8 Å². The zero-order chi connectivity index (χ0) is 20.9. The smallest absolute Gasteiger partial charge is 0.309 e. The molecule has 2 atom stereocenters. The van der Waals surface area contributed by atoms with E-state index < -0.39 is 0 Å². The minimum absolute atomic E-state index is 0.0450. The topological polar surface area (TPSA) is 39.2 Å². The van der Waals surface area contributed by atoms with Crippen LogP contribution >= 0.6 is 0 Å². The molecule has 0 aliphatic heterocycles. The van der Waals surface area contributed by atoms with Crippen molar-refractivity contribution in [1.29, 1.82) is 0 Å². The number of ether oxygens (including phenoxy) is 1. The van der Waals surface area contributed by atoms with Gasteiger partial charge in [-0.1, -0.05) is 62.6 Å². The van der Waals surface area contributed by atoms with Crippen LogP contribution in [0.2, 0.25) is 0 Å². The normalized spacial score (nSPS) is 17.8. The molecule has 3 nitrogen and oxygen atoms in total. The van der Waals surface area contributed by atoms with Crippen LogP contribution in [0.5, 0.6) is 0 Å². The van der Waals surface area contributed by atoms with Crippen LogP contribution < -0.4 is 0 Å². The molecule has 0 bridgehead atoms. The summed E-state index contributed by atoms with van der Waals surface area (Å²) in [7, 11) is 0. The van der Waals surface area contributed by atoms with Gasteiger partial charge in [0.15, 0.2) is 0 Å². The van der Waals surface area contributed by atoms with Crippen molar-refractivity contribution in [2.75, 3.05) is 6.61 Å². The zero-order valence-electron chi connectivity index (χ0n) is 18.1. The summed E-state index contributed by atoms with van der Waals surface area (Å²) >= 11 is 0. The molecule has 1 fully saturated rings. The second-order valence-corrected chi connectivity index (χ2v) is 8.32. The van der Waals surface area contributed by atoms with Gasteiger partial charge < -0.3 is 4.74 Å². The Balaban J connectivity index is 1.68. The SMILES string of the molecule is CCCCCCc1ccc2nc(C3CC3C(=O)OCC)cc(-c3ccccc3)c2c1. The van der Waals surface area contributed by atoms with Crippen molar-refractivity contribution >= 4 is 16.9 Å². The molecule has 1 aliphatic carbocycles. The summed E-state index contributed by atoms with van der Waals surface area (Å²) in [6.07, 6.45) is 7.02. The molecule has 1 heterocycles. The summed E-state index contributed by atoms with van der Waals surface area (Å²) in [6.45, 7) is 4.54. The Bertz CT molecular complexity index is 1010. The number of hydrogen-bond donors (Lipinski definition) is 0. The number of fused-ring (bicyclic) bond motifs is 1. The standard InChI is InChI=1S/C27H31NO2/c1-3-5-6-8-11-19-14-15-25-22(16-19)21(20-12-9-7-10-13-20)18-26(28-25)23-17-24(23)27(29)30-4-2/h7,9-10,12-16,18,23-24H,3-6,8,11,17H2,1-2H3. The van der Waals surface area contributed by atoms with Crippen molar-refractivity contribution in [3.63, 3.8) is 0 Å². The maximum absolute atomic E-state index is 12.1. The van der Waals surface area contributed by atoms with Gasteiger partial charge in [-0.05, 0) is 61.1 Å². The van der Waals surface area contributed by atoms with Crippen LogP contribution in [-0.4, -0.2) is 17.6 Å². The van der Waals surface area contributed by atoms with E-state index in [-0.39, 0.29) is 17.8 Å². The maximum atomic E-state index is 12.1. The third-order valence-corrected chi connectivity index (χ3v) is 6.06. The maximum Gasteiger partial charge on any atom is 0.309 e. The van der Waals surface area contributed by atoms with Gasteiger partial charge in [0.05, 0.1) is 18.0 Å². The molecule has 0 saturated heterocycles. The minimum Gasteiger partial charge on any atom is -0.466 e. The molecule has 30 heavy (non-hydrogen) atoms. The van der Waals surface area contributed by atoms with E-state index in [0.717, 1.165) is 24.1 Å². The van der Waals surface area contributed by atoms with Crippen molar-refractivity contribution in [3.05, 3.63) is 65.9 Å². The first kappa shape index (κ1) is 20.6. The summed E-state index contributed by atoms with van der Waals surface area (Å²) in [4.78, 5) is 17.1. The van der Waals surface area contributed by atoms with Gasteiger partial charge in [0.2, 0.25) is 0 Å². The number of pyridine rings is 1. The Morgan fingerprint density at radius 1 is 1.03 bits per heavy atom. The average Bonchev–Trinajstić information content (AvgIpc) is 3.58. The molecule has 0 radical (unpaired) electrons. The molecule has 0 spiro atoms. The molecule has 156 valence electrons. The van der Waals surface area contributed by atoms with Gasteiger partial charge in [-0.2, -0.15) is 0 Å². The molecule has 1 aliphatic rings. The van der Waals surface area contributed by atoms with E-state index >= 15 is 0 Å². The zero-order valence-corrected chi connectivity index (χ0v) is 18.1. The predicted molar refractivity (Wildman–Crippen MR) is 123 cm³/mol. The summed E-state index contributed by atoms with van der Waals surface area (Å²) in [5, 5.41) is 1.20. The second kappa shape index (κ2) is 9.42. The van der Waals surface area contributed by atoms with Crippen LogP contribution in [0.3, 0.4) is 0 Å². The number of esters is 1. The first-order valence-electron chi connectivity index (χ1n) is 11.4. The fraction of sp³-hybridized carbons (Fsp3) is 0.407. The van der Waals surface area contributed by atoms with Gasteiger partial charge in [0, 0.05) is 17.0 Å². The van der Waals surface area contributed by atoms with Crippen LogP contribution in [0.25, 0.3) is 22.0 Å². The number of carbonyl (C=O) groups excluding carboxylic acids is 1. The number of carbonyl (C=O) groups is 1. The molecule has 3 heteroatoms. The van der Waals surface area contributed by atoms with E-state index in [9.17, 15) is 4.79 Å². The molecule has 0 amide bonds. The van der Waals surface area contributed by atoms with E-state index in [4.69, 9.17) is 9.72 Å². The quantitative estimate of drug-likeness (QED) is 0.296. The summed E-state index contributed by atoms with van der Waals surface area (Å²) in [5.41, 5.74) is 5.80. The van der Waals surface area contributed by atoms with Crippen molar-refractivity contribution in [3.8, 4) is 11.1 Å². The van der Waals surface area contributed by atoms with Gasteiger partial charge in [0.25, 0.3) is 0 Å². The molecule has 2 aromatic carbocycles. The van der Waals surface area contributed by atoms with Gasteiger partial charge >= 0.3 is 5.97 Å². The van der Waals surface area contributed by atoms with Gasteiger partial charge in [-0.15, -0.1) is 0 Å². The van der Waals surface area contributed by atoms with E-state index in [1.807, 2.05) is 13.0 Å². The largest absolute Gasteiger partial charge is 0.466 e. The molecule has 3 aromatic rings. The first-order valence-corrected chi connectivity index (χ1v) is 11.4. The van der Waals surface area contributed by atoms with Crippen molar-refractivity contribution in [2.24, 2.45) is 5.92 Å². The third-order valence-electron chi connectivity index (χ3n) is 6.06. The fourth-order valence-corrected chi connectivity index (χ4v) is 4.28. The highest BCUT2D eigenvalue weighted by atomic mass is 16.5.